The normalized spacial score (nSPS) is 12.1. The number of benzene rings is 1. The molecule has 0 radical (unpaired) electrons. The number of aliphatic hydroxyl groups is 1. The first kappa shape index (κ1) is 15.5. The summed E-state index contributed by atoms with van der Waals surface area (Å²) in [4.78, 5) is 9.84. The van der Waals surface area contributed by atoms with Gasteiger partial charge in [0.25, 0.3) is 0 Å². The molecule has 2 aromatic rings. The third-order valence-corrected chi connectivity index (χ3v) is 2.99. The molecule has 0 amide bonds. The summed E-state index contributed by atoms with van der Waals surface area (Å²) in [6, 6.07) is 11.1. The highest BCUT2D eigenvalue weighted by atomic mass is 35.5. The number of methoxy groups -OCH3 is 1. The number of para-hydroxylation sites is 1. The molecule has 0 aliphatic rings. The van der Waals surface area contributed by atoms with E-state index < -0.39 is 6.10 Å². The summed E-state index contributed by atoms with van der Waals surface area (Å²) >= 11 is 5.93. The molecule has 3 N–H and O–H groups in total. The Morgan fingerprint density at radius 2 is 2.05 bits per heavy atom. The highest BCUT2D eigenvalue weighted by Gasteiger charge is 2.17. The smallest absolute Gasteiger partial charge is 0.223 e. The van der Waals surface area contributed by atoms with Gasteiger partial charge in [-0.15, -0.1) is 0 Å². The molecule has 0 fully saturated rings. The SMILES string of the molecule is COCC(O)CN(c1ccccc1)c1cc(Cl)nc(N)n1. The second kappa shape index (κ2) is 7.21. The van der Waals surface area contributed by atoms with Crippen molar-refractivity contribution in [2.75, 3.05) is 30.9 Å². The number of anilines is 3. The van der Waals surface area contributed by atoms with E-state index >= 15 is 0 Å². The Labute approximate surface area is 128 Å². The predicted molar refractivity (Wildman–Crippen MR) is 82.8 cm³/mol. The van der Waals surface area contributed by atoms with Crippen molar-refractivity contribution in [1.82, 2.24) is 9.97 Å². The van der Waals surface area contributed by atoms with E-state index in [2.05, 4.69) is 9.97 Å². The molecule has 2 rings (SSSR count). The van der Waals surface area contributed by atoms with Gasteiger partial charge in [0.1, 0.15) is 11.0 Å². The predicted octanol–water partition coefficient (Wildman–Crippen LogP) is 1.86. The largest absolute Gasteiger partial charge is 0.389 e. The zero-order chi connectivity index (χ0) is 15.2. The number of hydrogen-bond donors (Lipinski definition) is 2. The van der Waals surface area contributed by atoms with Crippen LogP contribution < -0.4 is 10.6 Å². The van der Waals surface area contributed by atoms with Crippen LogP contribution in [0.3, 0.4) is 0 Å². The van der Waals surface area contributed by atoms with Crippen molar-refractivity contribution < 1.29 is 9.84 Å². The van der Waals surface area contributed by atoms with Crippen LogP contribution in [0.5, 0.6) is 0 Å². The quantitative estimate of drug-likeness (QED) is 0.792. The molecule has 6 nitrogen and oxygen atoms in total. The fraction of sp³-hybridized carbons (Fsp3) is 0.286. The van der Waals surface area contributed by atoms with Crippen LogP contribution in [-0.2, 0) is 4.74 Å². The fourth-order valence-corrected chi connectivity index (χ4v) is 2.14. The number of aliphatic hydroxyl groups excluding tert-OH is 1. The highest BCUT2D eigenvalue weighted by Crippen LogP contribution is 2.26. The minimum absolute atomic E-state index is 0.0830. The Kier molecular flexibility index (Phi) is 5.32. The van der Waals surface area contributed by atoms with Crippen molar-refractivity contribution in [1.29, 1.82) is 0 Å². The lowest BCUT2D eigenvalue weighted by atomic mass is 10.2. The van der Waals surface area contributed by atoms with E-state index in [-0.39, 0.29) is 17.7 Å². The molecule has 0 aliphatic carbocycles. The van der Waals surface area contributed by atoms with Gasteiger partial charge in [0, 0.05) is 18.9 Å². The lowest BCUT2D eigenvalue weighted by Gasteiger charge is -2.26. The van der Waals surface area contributed by atoms with E-state index in [0.29, 0.717) is 12.4 Å². The Balaban J connectivity index is 2.35. The molecule has 0 bridgehead atoms. The van der Waals surface area contributed by atoms with E-state index in [1.807, 2.05) is 35.2 Å². The summed E-state index contributed by atoms with van der Waals surface area (Å²) < 4.78 is 4.96. The maximum absolute atomic E-state index is 10.0. The van der Waals surface area contributed by atoms with E-state index in [1.165, 1.54) is 7.11 Å². The molecule has 112 valence electrons. The van der Waals surface area contributed by atoms with Crippen molar-refractivity contribution in [2.45, 2.75) is 6.10 Å². The van der Waals surface area contributed by atoms with Crippen LogP contribution in [-0.4, -0.2) is 41.4 Å². The van der Waals surface area contributed by atoms with Crippen LogP contribution in [0, 0.1) is 0 Å². The molecule has 0 saturated carbocycles. The molecule has 1 unspecified atom stereocenters. The first-order valence-electron chi connectivity index (χ1n) is 6.40. The van der Waals surface area contributed by atoms with Gasteiger partial charge in [-0.2, -0.15) is 4.98 Å². The topological polar surface area (TPSA) is 84.5 Å². The highest BCUT2D eigenvalue weighted by molar-refractivity contribution is 6.29. The molecule has 21 heavy (non-hydrogen) atoms. The second-order valence-corrected chi connectivity index (χ2v) is 4.85. The van der Waals surface area contributed by atoms with Crippen molar-refractivity contribution in [3.8, 4) is 0 Å². The average Bonchev–Trinajstić information content (AvgIpc) is 2.45. The summed E-state index contributed by atoms with van der Waals surface area (Å²) in [5.74, 6) is 0.605. The summed E-state index contributed by atoms with van der Waals surface area (Å²) in [6.07, 6.45) is -0.676. The minimum Gasteiger partial charge on any atom is -0.389 e. The Hall–Kier alpha value is -1.89. The third-order valence-electron chi connectivity index (χ3n) is 2.80. The van der Waals surface area contributed by atoms with Gasteiger partial charge in [0.15, 0.2) is 0 Å². The van der Waals surface area contributed by atoms with E-state index in [0.717, 1.165) is 5.69 Å². The van der Waals surface area contributed by atoms with Crippen LogP contribution in [0.1, 0.15) is 0 Å². The number of nitrogens with two attached hydrogens (primary N) is 1. The number of nitrogens with zero attached hydrogens (tertiary/aromatic N) is 3. The first-order valence-corrected chi connectivity index (χ1v) is 6.77. The van der Waals surface area contributed by atoms with Crippen LogP contribution in [0.15, 0.2) is 36.4 Å². The first-order chi connectivity index (χ1) is 10.1. The maximum atomic E-state index is 10.0. The fourth-order valence-electron chi connectivity index (χ4n) is 1.96. The monoisotopic (exact) mass is 308 g/mol. The standard InChI is InChI=1S/C14H17ClN4O2/c1-21-9-11(20)8-19(10-5-3-2-4-6-10)13-7-12(15)17-14(16)18-13/h2-7,11,20H,8-9H2,1H3,(H2,16,17,18). The van der Waals surface area contributed by atoms with Gasteiger partial charge in [-0.1, -0.05) is 29.8 Å². The van der Waals surface area contributed by atoms with Gasteiger partial charge in [-0.05, 0) is 12.1 Å². The Bertz CT molecular complexity index is 562. The molecule has 1 aromatic carbocycles. The summed E-state index contributed by atoms with van der Waals surface area (Å²) in [5.41, 5.74) is 6.51. The molecule has 7 heteroatoms. The van der Waals surface area contributed by atoms with Gasteiger partial charge < -0.3 is 20.5 Å². The van der Waals surface area contributed by atoms with Crippen LogP contribution in [0.2, 0.25) is 5.15 Å². The Morgan fingerprint density at radius 1 is 1.33 bits per heavy atom. The zero-order valence-corrected chi connectivity index (χ0v) is 12.4. The van der Waals surface area contributed by atoms with Crippen molar-refractivity contribution in [3.63, 3.8) is 0 Å². The summed E-state index contributed by atoms with van der Waals surface area (Å²) in [6.45, 7) is 0.516. The van der Waals surface area contributed by atoms with Crippen molar-refractivity contribution in [3.05, 3.63) is 41.6 Å². The molecular weight excluding hydrogens is 292 g/mol. The van der Waals surface area contributed by atoms with Crippen molar-refractivity contribution >= 4 is 29.1 Å². The number of halogens is 1. The van der Waals surface area contributed by atoms with E-state index in [1.54, 1.807) is 6.07 Å². The zero-order valence-electron chi connectivity index (χ0n) is 11.6. The second-order valence-electron chi connectivity index (χ2n) is 4.46. The third kappa shape index (κ3) is 4.29. The van der Waals surface area contributed by atoms with Crippen LogP contribution in [0.25, 0.3) is 0 Å². The number of aromatic nitrogens is 2. The lowest BCUT2D eigenvalue weighted by molar-refractivity contribution is 0.0701. The van der Waals surface area contributed by atoms with Gasteiger partial charge in [-0.3, -0.25) is 0 Å². The Morgan fingerprint density at radius 3 is 2.67 bits per heavy atom. The molecule has 0 spiro atoms. The van der Waals surface area contributed by atoms with E-state index in [4.69, 9.17) is 22.1 Å². The number of nitrogen functional groups attached to an aromatic ring is 1. The molecule has 1 heterocycles. The van der Waals surface area contributed by atoms with Gasteiger partial charge in [0.05, 0.1) is 19.3 Å². The van der Waals surface area contributed by atoms with Gasteiger partial charge >= 0.3 is 0 Å². The molecular formula is C14H17ClN4O2. The molecule has 0 aliphatic heterocycles. The maximum Gasteiger partial charge on any atom is 0.223 e. The van der Waals surface area contributed by atoms with Crippen LogP contribution >= 0.6 is 11.6 Å². The minimum atomic E-state index is -0.676. The van der Waals surface area contributed by atoms with Gasteiger partial charge in [-0.25, -0.2) is 4.98 Å². The van der Waals surface area contributed by atoms with Crippen LogP contribution in [0.4, 0.5) is 17.5 Å². The lowest BCUT2D eigenvalue weighted by Crippen LogP contribution is -2.32. The molecule has 1 aromatic heterocycles. The number of hydrogen-bond acceptors (Lipinski definition) is 6. The summed E-state index contributed by atoms with van der Waals surface area (Å²) in [5, 5.41) is 10.3. The average molecular weight is 309 g/mol. The van der Waals surface area contributed by atoms with E-state index in [9.17, 15) is 5.11 Å². The number of rotatable bonds is 6. The van der Waals surface area contributed by atoms with Gasteiger partial charge in [0.2, 0.25) is 5.95 Å². The number of ether oxygens (including phenoxy) is 1. The molecule has 1 atom stereocenters. The van der Waals surface area contributed by atoms with Crippen molar-refractivity contribution in [2.24, 2.45) is 0 Å². The summed E-state index contributed by atoms with van der Waals surface area (Å²) in [7, 11) is 1.54. The molecule has 0 saturated heterocycles.